The summed E-state index contributed by atoms with van der Waals surface area (Å²) in [6.07, 6.45) is 5.86. The van der Waals surface area contributed by atoms with Gasteiger partial charge in [0.05, 0.1) is 6.20 Å². The molecule has 6 nitrogen and oxygen atoms in total. The number of nitrogens with one attached hydrogen (secondary N) is 1. The van der Waals surface area contributed by atoms with Gasteiger partial charge in [0.2, 0.25) is 0 Å². The van der Waals surface area contributed by atoms with Crippen molar-refractivity contribution in [1.82, 2.24) is 19.9 Å². The molecule has 0 bridgehead atoms. The van der Waals surface area contributed by atoms with Crippen LogP contribution in [0.25, 0.3) is 38.7 Å². The number of benzene rings is 3. The van der Waals surface area contributed by atoms with Gasteiger partial charge in [0.1, 0.15) is 0 Å². The van der Waals surface area contributed by atoms with E-state index < -0.39 is 0 Å². The standard InChI is InChI=1S/C28H28N6/c1-18-13-30-14-19(2)34(18)24-9-7-20(8-10-24)22-15-31-28-27(16-32-33(28)17-22)26-12-23(29)11-21-5-3-4-6-25(21)26/h3-12,15-19,30H,13-14,29H2,1-2H3/t18-,19+. The van der Waals surface area contributed by atoms with Crippen LogP contribution >= 0.6 is 0 Å². The van der Waals surface area contributed by atoms with Gasteiger partial charge >= 0.3 is 0 Å². The monoisotopic (exact) mass is 448 g/mol. The second-order valence-corrected chi connectivity index (χ2v) is 9.27. The van der Waals surface area contributed by atoms with Crippen LogP contribution < -0.4 is 16.0 Å². The molecule has 0 unspecified atom stereocenters. The van der Waals surface area contributed by atoms with Crippen molar-refractivity contribution < 1.29 is 0 Å². The molecule has 1 aliphatic rings. The van der Waals surface area contributed by atoms with Gasteiger partial charge in [-0.3, -0.25) is 0 Å². The highest BCUT2D eigenvalue weighted by Crippen LogP contribution is 2.34. The summed E-state index contributed by atoms with van der Waals surface area (Å²) in [7, 11) is 0. The quantitative estimate of drug-likeness (QED) is 0.381. The van der Waals surface area contributed by atoms with Gasteiger partial charge in [0.15, 0.2) is 5.65 Å². The lowest BCUT2D eigenvalue weighted by Crippen LogP contribution is -2.55. The maximum Gasteiger partial charge on any atom is 0.162 e. The number of anilines is 2. The molecular formula is C28H28N6. The van der Waals surface area contributed by atoms with Crippen LogP contribution in [0, 0.1) is 0 Å². The molecular weight excluding hydrogens is 420 g/mol. The van der Waals surface area contributed by atoms with Crippen LogP contribution in [-0.4, -0.2) is 39.8 Å². The number of aromatic nitrogens is 3. The van der Waals surface area contributed by atoms with E-state index in [1.54, 1.807) is 0 Å². The summed E-state index contributed by atoms with van der Waals surface area (Å²) in [6, 6.07) is 22.0. The zero-order valence-corrected chi connectivity index (χ0v) is 19.4. The molecule has 0 radical (unpaired) electrons. The van der Waals surface area contributed by atoms with Gasteiger partial charge in [-0.1, -0.05) is 36.4 Å². The number of nitrogens with two attached hydrogens (primary N) is 1. The van der Waals surface area contributed by atoms with Gasteiger partial charge in [0.25, 0.3) is 0 Å². The van der Waals surface area contributed by atoms with Crippen molar-refractivity contribution in [2.45, 2.75) is 25.9 Å². The Morgan fingerprint density at radius 1 is 0.882 bits per heavy atom. The van der Waals surface area contributed by atoms with Crippen LogP contribution in [0.15, 0.2) is 79.3 Å². The first-order valence-corrected chi connectivity index (χ1v) is 11.8. The molecule has 170 valence electrons. The molecule has 0 aliphatic carbocycles. The minimum absolute atomic E-state index is 0.471. The van der Waals surface area contributed by atoms with Crippen LogP contribution in [0.3, 0.4) is 0 Å². The Kier molecular flexibility index (Phi) is 4.96. The van der Waals surface area contributed by atoms with E-state index in [4.69, 9.17) is 10.7 Å². The van der Waals surface area contributed by atoms with E-state index in [9.17, 15) is 0 Å². The highest BCUT2D eigenvalue weighted by Gasteiger charge is 2.24. The lowest BCUT2D eigenvalue weighted by Gasteiger charge is -2.41. The molecule has 0 spiro atoms. The zero-order chi connectivity index (χ0) is 23.2. The Bertz CT molecular complexity index is 1480. The lowest BCUT2D eigenvalue weighted by atomic mass is 9.99. The van der Waals surface area contributed by atoms with Crippen LogP contribution in [0.4, 0.5) is 11.4 Å². The summed E-state index contributed by atoms with van der Waals surface area (Å²) >= 11 is 0. The van der Waals surface area contributed by atoms with Crippen molar-refractivity contribution in [2.24, 2.45) is 0 Å². The fourth-order valence-electron chi connectivity index (χ4n) is 5.24. The minimum Gasteiger partial charge on any atom is -0.399 e. The van der Waals surface area contributed by atoms with Gasteiger partial charge in [0, 0.05) is 60.1 Å². The van der Waals surface area contributed by atoms with Crippen molar-refractivity contribution >= 4 is 27.8 Å². The van der Waals surface area contributed by atoms with E-state index in [0.717, 1.165) is 57.5 Å². The Labute approximate surface area is 199 Å². The number of nitrogen functional groups attached to an aromatic ring is 1. The van der Waals surface area contributed by atoms with Gasteiger partial charge in [-0.15, -0.1) is 0 Å². The summed E-state index contributed by atoms with van der Waals surface area (Å²) in [5, 5.41) is 10.4. The number of fused-ring (bicyclic) bond motifs is 2. The summed E-state index contributed by atoms with van der Waals surface area (Å²) in [4.78, 5) is 7.31. The first-order chi connectivity index (χ1) is 16.6. The molecule has 5 aromatic rings. The molecule has 3 heterocycles. The Morgan fingerprint density at radius 2 is 1.65 bits per heavy atom. The van der Waals surface area contributed by atoms with Crippen LogP contribution in [0.5, 0.6) is 0 Å². The maximum absolute atomic E-state index is 6.20. The Hall–Kier alpha value is -3.90. The second-order valence-electron chi connectivity index (χ2n) is 9.27. The van der Waals surface area contributed by atoms with E-state index in [1.165, 1.54) is 5.69 Å². The Balaban J connectivity index is 1.36. The predicted octanol–water partition coefficient (Wildman–Crippen LogP) is 4.99. The SMILES string of the molecule is C[C@@H]1CNC[C@H](C)N1c1ccc(-c2cnc3c(-c4cc(N)cc5ccccc45)cnn3c2)cc1. The van der Waals surface area contributed by atoms with E-state index >= 15 is 0 Å². The fraction of sp³-hybridized carbons (Fsp3) is 0.214. The molecule has 34 heavy (non-hydrogen) atoms. The molecule has 0 amide bonds. The molecule has 0 saturated carbocycles. The van der Waals surface area contributed by atoms with Crippen molar-refractivity contribution in [1.29, 1.82) is 0 Å². The first kappa shape index (κ1) is 20.7. The third-order valence-corrected chi connectivity index (χ3v) is 6.86. The van der Waals surface area contributed by atoms with E-state index in [1.807, 2.05) is 47.4 Å². The highest BCUT2D eigenvalue weighted by atomic mass is 15.2. The topological polar surface area (TPSA) is 71.5 Å². The van der Waals surface area contributed by atoms with Crippen LogP contribution in [0.2, 0.25) is 0 Å². The van der Waals surface area contributed by atoms with Crippen LogP contribution in [-0.2, 0) is 0 Å². The average Bonchev–Trinajstić information content (AvgIpc) is 3.27. The molecule has 1 saturated heterocycles. The molecule has 3 aromatic carbocycles. The molecule has 3 N–H and O–H groups in total. The van der Waals surface area contributed by atoms with Gasteiger partial charge < -0.3 is 16.0 Å². The molecule has 2 atom stereocenters. The maximum atomic E-state index is 6.20. The number of piperazine rings is 1. The van der Waals surface area contributed by atoms with E-state index in [-0.39, 0.29) is 0 Å². The van der Waals surface area contributed by atoms with Crippen LogP contribution in [0.1, 0.15) is 13.8 Å². The summed E-state index contributed by atoms with van der Waals surface area (Å²) in [5.74, 6) is 0. The van der Waals surface area contributed by atoms with E-state index in [2.05, 4.69) is 65.6 Å². The second kappa shape index (κ2) is 8.15. The minimum atomic E-state index is 0.471. The number of rotatable bonds is 3. The normalized spacial score (nSPS) is 18.6. The third kappa shape index (κ3) is 3.47. The van der Waals surface area contributed by atoms with Crippen molar-refractivity contribution in [3.63, 3.8) is 0 Å². The fourth-order valence-corrected chi connectivity index (χ4v) is 5.24. The first-order valence-electron chi connectivity index (χ1n) is 11.8. The zero-order valence-electron chi connectivity index (χ0n) is 19.4. The average molecular weight is 449 g/mol. The molecule has 2 aromatic heterocycles. The summed E-state index contributed by atoms with van der Waals surface area (Å²) in [6.45, 7) is 6.56. The molecule has 1 aliphatic heterocycles. The van der Waals surface area contributed by atoms with Crippen molar-refractivity contribution in [2.75, 3.05) is 23.7 Å². The number of nitrogens with zero attached hydrogens (tertiary/aromatic N) is 4. The van der Waals surface area contributed by atoms with Gasteiger partial charge in [-0.2, -0.15) is 5.10 Å². The molecule has 1 fully saturated rings. The summed E-state index contributed by atoms with van der Waals surface area (Å²) < 4.78 is 1.86. The largest absolute Gasteiger partial charge is 0.399 e. The molecule has 6 heteroatoms. The Morgan fingerprint density at radius 3 is 2.44 bits per heavy atom. The third-order valence-electron chi connectivity index (χ3n) is 6.86. The molecule has 6 rings (SSSR count). The smallest absolute Gasteiger partial charge is 0.162 e. The predicted molar refractivity (Wildman–Crippen MR) is 140 cm³/mol. The van der Waals surface area contributed by atoms with E-state index in [0.29, 0.717) is 12.1 Å². The lowest BCUT2D eigenvalue weighted by molar-refractivity contribution is 0.432. The number of hydrogen-bond donors (Lipinski definition) is 2. The highest BCUT2D eigenvalue weighted by molar-refractivity contribution is 6.01. The van der Waals surface area contributed by atoms with Crippen molar-refractivity contribution in [3.05, 3.63) is 79.3 Å². The summed E-state index contributed by atoms with van der Waals surface area (Å²) in [5.41, 5.74) is 13.2. The van der Waals surface area contributed by atoms with Gasteiger partial charge in [-0.25, -0.2) is 9.50 Å². The van der Waals surface area contributed by atoms with Gasteiger partial charge in [-0.05, 0) is 60.0 Å². The number of hydrogen-bond acceptors (Lipinski definition) is 5. The van der Waals surface area contributed by atoms with Crippen molar-refractivity contribution in [3.8, 4) is 22.3 Å².